The number of rotatable bonds is 4. The minimum Gasteiger partial charge on any atom is -0.489 e. The molecule has 6 heteroatoms. The zero-order valence-electron chi connectivity index (χ0n) is 14.5. The fourth-order valence-electron chi connectivity index (χ4n) is 3.66. The Kier molecular flexibility index (Phi) is 4.99. The van der Waals surface area contributed by atoms with Gasteiger partial charge in [0.2, 0.25) is 0 Å². The highest BCUT2D eigenvalue weighted by atomic mass is 16.5. The molecule has 0 aromatic carbocycles. The second kappa shape index (κ2) is 7.54. The van der Waals surface area contributed by atoms with Crippen molar-refractivity contribution in [3.8, 4) is 17.1 Å². The average molecular weight is 342 g/mol. The van der Waals surface area contributed by atoms with Crippen LogP contribution in [0.4, 0.5) is 0 Å². The van der Waals surface area contributed by atoms with Crippen LogP contribution in [0.3, 0.4) is 0 Å². The van der Waals surface area contributed by atoms with Crippen molar-refractivity contribution >= 4 is 0 Å². The summed E-state index contributed by atoms with van der Waals surface area (Å²) in [6.07, 6.45) is 11.3. The first-order valence-corrected chi connectivity index (χ1v) is 9.33. The Morgan fingerprint density at radius 2 is 1.96 bits per heavy atom. The van der Waals surface area contributed by atoms with Gasteiger partial charge in [0, 0.05) is 18.8 Å². The molecular formula is C19H26N4O2. The van der Waals surface area contributed by atoms with Gasteiger partial charge in [0.25, 0.3) is 0 Å². The van der Waals surface area contributed by atoms with Gasteiger partial charge in [-0.3, -0.25) is 4.98 Å². The number of pyridine rings is 1. The lowest BCUT2D eigenvalue weighted by Crippen LogP contribution is -2.31. The molecule has 3 heterocycles. The molecule has 0 amide bonds. The van der Waals surface area contributed by atoms with Crippen molar-refractivity contribution in [3.63, 3.8) is 0 Å². The van der Waals surface area contributed by atoms with Crippen molar-refractivity contribution in [3.05, 3.63) is 30.6 Å². The summed E-state index contributed by atoms with van der Waals surface area (Å²) in [5.74, 6) is 0.823. The third-order valence-corrected chi connectivity index (χ3v) is 5.12. The maximum atomic E-state index is 6.06. The van der Waals surface area contributed by atoms with E-state index in [-0.39, 0.29) is 12.3 Å². The van der Waals surface area contributed by atoms with Crippen LogP contribution in [0, 0.1) is 0 Å². The van der Waals surface area contributed by atoms with E-state index in [4.69, 9.17) is 15.2 Å². The number of ether oxygens (including phenoxy) is 2. The van der Waals surface area contributed by atoms with Crippen LogP contribution in [0.2, 0.25) is 0 Å². The number of hydrogen-bond donors (Lipinski definition) is 1. The molecule has 2 fully saturated rings. The summed E-state index contributed by atoms with van der Waals surface area (Å²) in [6.45, 7) is 0.801. The summed E-state index contributed by atoms with van der Waals surface area (Å²) in [5.41, 5.74) is 7.83. The Morgan fingerprint density at radius 1 is 1.08 bits per heavy atom. The van der Waals surface area contributed by atoms with Gasteiger partial charge in [-0.2, -0.15) is 5.10 Å². The van der Waals surface area contributed by atoms with Crippen LogP contribution in [0.1, 0.15) is 51.2 Å². The lowest BCUT2D eigenvalue weighted by molar-refractivity contribution is -0.0384. The number of aromatic nitrogens is 3. The molecule has 2 N–H and O–H groups in total. The van der Waals surface area contributed by atoms with Gasteiger partial charge in [0.05, 0.1) is 23.7 Å². The highest BCUT2D eigenvalue weighted by molar-refractivity contribution is 5.54. The standard InChI is InChI=1S/C19H26N4O2/c20-14-4-6-15(7-5-14)25-16-8-9-17(21-13-16)18-10-11-22-23(18)19-3-1-2-12-24-19/h8-11,13-15,19H,1-7,12,20H2/t14-,15+,19?. The first-order chi connectivity index (χ1) is 12.3. The maximum absolute atomic E-state index is 6.06. The molecule has 4 rings (SSSR count). The predicted molar refractivity (Wildman–Crippen MR) is 95.2 cm³/mol. The smallest absolute Gasteiger partial charge is 0.150 e. The van der Waals surface area contributed by atoms with E-state index in [1.807, 2.05) is 35.3 Å². The molecule has 6 nitrogen and oxygen atoms in total. The second-order valence-corrected chi connectivity index (χ2v) is 7.02. The predicted octanol–water partition coefficient (Wildman–Crippen LogP) is 3.29. The molecule has 1 saturated heterocycles. The highest BCUT2D eigenvalue weighted by Gasteiger charge is 2.21. The molecule has 134 valence electrons. The van der Waals surface area contributed by atoms with E-state index in [0.717, 1.165) is 62.3 Å². The van der Waals surface area contributed by atoms with Gasteiger partial charge in [0.15, 0.2) is 6.23 Å². The first kappa shape index (κ1) is 16.5. The second-order valence-electron chi connectivity index (χ2n) is 7.02. The molecule has 1 saturated carbocycles. The van der Waals surface area contributed by atoms with Gasteiger partial charge < -0.3 is 15.2 Å². The molecule has 1 atom stereocenters. The van der Waals surface area contributed by atoms with Gasteiger partial charge in [-0.25, -0.2) is 4.68 Å². The van der Waals surface area contributed by atoms with Crippen molar-refractivity contribution in [2.24, 2.45) is 5.73 Å². The van der Waals surface area contributed by atoms with E-state index >= 15 is 0 Å². The van der Waals surface area contributed by atoms with E-state index in [0.29, 0.717) is 6.04 Å². The van der Waals surface area contributed by atoms with Crippen LogP contribution < -0.4 is 10.5 Å². The molecule has 0 spiro atoms. The summed E-state index contributed by atoms with van der Waals surface area (Å²) in [7, 11) is 0. The number of hydrogen-bond acceptors (Lipinski definition) is 5. The fraction of sp³-hybridized carbons (Fsp3) is 0.579. The van der Waals surface area contributed by atoms with E-state index in [1.165, 1.54) is 6.42 Å². The van der Waals surface area contributed by atoms with Crippen molar-refractivity contribution in [2.75, 3.05) is 6.61 Å². The molecule has 2 aliphatic rings. The molecule has 1 aliphatic carbocycles. The van der Waals surface area contributed by atoms with E-state index in [2.05, 4.69) is 10.1 Å². The third-order valence-electron chi connectivity index (χ3n) is 5.12. The van der Waals surface area contributed by atoms with Gasteiger partial charge in [-0.1, -0.05) is 0 Å². The summed E-state index contributed by atoms with van der Waals surface area (Å²) < 4.78 is 13.9. The van der Waals surface area contributed by atoms with E-state index in [1.54, 1.807) is 0 Å². The Balaban J connectivity index is 1.45. The fourth-order valence-corrected chi connectivity index (χ4v) is 3.66. The topological polar surface area (TPSA) is 75.2 Å². The van der Waals surface area contributed by atoms with Crippen LogP contribution in [-0.2, 0) is 4.74 Å². The minimum atomic E-state index is 0.0166. The Hall–Kier alpha value is -1.92. The summed E-state index contributed by atoms with van der Waals surface area (Å²) in [6, 6.07) is 6.32. The first-order valence-electron chi connectivity index (χ1n) is 9.33. The SMILES string of the molecule is N[C@H]1CC[C@@H](Oc2ccc(-c3ccnn3C3CCCCO3)nc2)CC1. The Bertz CT molecular complexity index is 671. The summed E-state index contributed by atoms with van der Waals surface area (Å²) >= 11 is 0. The zero-order valence-corrected chi connectivity index (χ0v) is 14.5. The molecule has 1 unspecified atom stereocenters. The number of nitrogens with zero attached hydrogens (tertiary/aromatic N) is 3. The quantitative estimate of drug-likeness (QED) is 0.923. The van der Waals surface area contributed by atoms with E-state index < -0.39 is 0 Å². The normalized spacial score (nSPS) is 27.2. The zero-order chi connectivity index (χ0) is 17.1. The monoisotopic (exact) mass is 342 g/mol. The molecule has 1 aliphatic heterocycles. The summed E-state index contributed by atoms with van der Waals surface area (Å²) in [4.78, 5) is 4.59. The Morgan fingerprint density at radius 3 is 2.68 bits per heavy atom. The van der Waals surface area contributed by atoms with Crippen LogP contribution >= 0.6 is 0 Å². The lowest BCUT2D eigenvalue weighted by atomic mass is 9.94. The van der Waals surface area contributed by atoms with Crippen molar-refractivity contribution in [1.29, 1.82) is 0 Å². The molecule has 0 bridgehead atoms. The van der Waals surface area contributed by atoms with Crippen LogP contribution in [0.5, 0.6) is 5.75 Å². The van der Waals surface area contributed by atoms with Crippen LogP contribution in [0.25, 0.3) is 11.4 Å². The molecular weight excluding hydrogens is 316 g/mol. The minimum absolute atomic E-state index is 0.0166. The lowest BCUT2D eigenvalue weighted by Gasteiger charge is -2.26. The van der Waals surface area contributed by atoms with Crippen LogP contribution in [-0.4, -0.2) is 33.5 Å². The molecule has 0 radical (unpaired) electrons. The maximum Gasteiger partial charge on any atom is 0.150 e. The van der Waals surface area contributed by atoms with Gasteiger partial charge in [-0.15, -0.1) is 0 Å². The largest absolute Gasteiger partial charge is 0.489 e. The van der Waals surface area contributed by atoms with Crippen molar-refractivity contribution in [2.45, 2.75) is 63.3 Å². The van der Waals surface area contributed by atoms with Crippen molar-refractivity contribution in [1.82, 2.24) is 14.8 Å². The molecule has 2 aromatic heterocycles. The number of nitrogens with two attached hydrogens (primary N) is 1. The van der Waals surface area contributed by atoms with Gasteiger partial charge in [0.1, 0.15) is 5.75 Å². The van der Waals surface area contributed by atoms with Crippen LogP contribution in [0.15, 0.2) is 30.6 Å². The highest BCUT2D eigenvalue weighted by Crippen LogP contribution is 2.28. The molecule has 25 heavy (non-hydrogen) atoms. The molecule has 2 aromatic rings. The van der Waals surface area contributed by atoms with Gasteiger partial charge >= 0.3 is 0 Å². The van der Waals surface area contributed by atoms with Gasteiger partial charge in [-0.05, 0) is 63.1 Å². The average Bonchev–Trinajstić information content (AvgIpc) is 3.15. The van der Waals surface area contributed by atoms with Crippen molar-refractivity contribution < 1.29 is 9.47 Å². The third kappa shape index (κ3) is 3.85. The van der Waals surface area contributed by atoms with E-state index in [9.17, 15) is 0 Å². The Labute approximate surface area is 148 Å². The summed E-state index contributed by atoms with van der Waals surface area (Å²) in [5, 5.41) is 4.45.